The van der Waals surface area contributed by atoms with Crippen LogP contribution in [0.15, 0.2) is 40.5 Å². The predicted octanol–water partition coefficient (Wildman–Crippen LogP) is 2.23. The lowest BCUT2D eigenvalue weighted by Crippen LogP contribution is -2.03. The van der Waals surface area contributed by atoms with Crippen molar-refractivity contribution >= 4 is 23.4 Å². The molecule has 3 aromatic heterocycles. The van der Waals surface area contributed by atoms with E-state index in [1.807, 2.05) is 26.1 Å². The van der Waals surface area contributed by atoms with Gasteiger partial charge in [0.1, 0.15) is 15.7 Å². The maximum absolute atomic E-state index is 11.5. The Morgan fingerprint density at radius 2 is 2.20 bits per heavy atom. The van der Waals surface area contributed by atoms with Crippen LogP contribution in [0.5, 0.6) is 0 Å². The Labute approximate surface area is 119 Å². The molecule has 0 aliphatic heterocycles. The lowest BCUT2D eigenvalue weighted by Gasteiger charge is -2.00. The fraction of sp³-hybridized carbons (Fsp3) is 0.154. The highest BCUT2D eigenvalue weighted by Gasteiger charge is 2.20. The summed E-state index contributed by atoms with van der Waals surface area (Å²) in [6, 6.07) is 7.30. The quantitative estimate of drug-likeness (QED) is 0.800. The lowest BCUT2D eigenvalue weighted by atomic mass is 10.4. The van der Waals surface area contributed by atoms with E-state index in [0.29, 0.717) is 10.7 Å². The van der Waals surface area contributed by atoms with Crippen LogP contribution in [0.1, 0.15) is 16.2 Å². The lowest BCUT2D eigenvalue weighted by molar-refractivity contribution is 0.0685. The molecular weight excluding hydrogens is 276 g/mol. The van der Waals surface area contributed by atoms with E-state index in [1.165, 1.54) is 11.8 Å². The molecule has 0 atom stereocenters. The van der Waals surface area contributed by atoms with Crippen LogP contribution >= 0.6 is 11.8 Å². The van der Waals surface area contributed by atoms with E-state index in [2.05, 4.69) is 10.1 Å². The number of aromatic carboxylic acids is 1. The van der Waals surface area contributed by atoms with E-state index in [4.69, 9.17) is 0 Å². The number of hydrogen-bond donors (Lipinski definition) is 1. The first-order valence-electron chi connectivity index (χ1n) is 5.95. The van der Waals surface area contributed by atoms with Gasteiger partial charge in [-0.2, -0.15) is 5.10 Å². The molecule has 0 unspecified atom stereocenters. The summed E-state index contributed by atoms with van der Waals surface area (Å²) in [7, 11) is 1.82. The number of aryl methyl sites for hydroxylation is 2. The number of pyridine rings is 1. The van der Waals surface area contributed by atoms with Crippen molar-refractivity contribution in [2.45, 2.75) is 17.0 Å². The third kappa shape index (κ3) is 2.05. The normalized spacial score (nSPS) is 11.1. The maximum atomic E-state index is 11.5. The number of rotatable bonds is 3. The first kappa shape index (κ1) is 12.7. The van der Waals surface area contributed by atoms with Gasteiger partial charge in [0.05, 0.1) is 5.69 Å². The minimum absolute atomic E-state index is 0.171. The van der Waals surface area contributed by atoms with Gasteiger partial charge >= 0.3 is 5.97 Å². The number of carboxylic acid groups (broad SMARTS) is 1. The van der Waals surface area contributed by atoms with Gasteiger partial charge in [-0.1, -0.05) is 6.07 Å². The largest absolute Gasteiger partial charge is 0.476 e. The molecule has 0 aliphatic carbocycles. The van der Waals surface area contributed by atoms with Gasteiger partial charge in [-0.15, -0.1) is 0 Å². The SMILES string of the molecule is Cc1cc(Sc2nc3ccccn3c2C(=O)O)n(C)n1. The van der Waals surface area contributed by atoms with Crippen LogP contribution in [0.2, 0.25) is 0 Å². The molecule has 0 radical (unpaired) electrons. The molecule has 3 aromatic rings. The zero-order valence-electron chi connectivity index (χ0n) is 10.9. The molecule has 1 N–H and O–H groups in total. The molecular formula is C13H12N4O2S. The highest BCUT2D eigenvalue weighted by Crippen LogP contribution is 2.30. The second kappa shape index (κ2) is 4.68. The van der Waals surface area contributed by atoms with Gasteiger partial charge in [-0.25, -0.2) is 9.78 Å². The average molecular weight is 288 g/mol. The van der Waals surface area contributed by atoms with E-state index in [1.54, 1.807) is 27.4 Å². The topological polar surface area (TPSA) is 72.4 Å². The Kier molecular flexibility index (Phi) is 2.98. The van der Waals surface area contributed by atoms with Crippen molar-refractivity contribution in [3.63, 3.8) is 0 Å². The molecule has 0 aliphatic rings. The summed E-state index contributed by atoms with van der Waals surface area (Å²) >= 11 is 1.30. The number of fused-ring (bicyclic) bond motifs is 1. The summed E-state index contributed by atoms with van der Waals surface area (Å²) in [6.07, 6.45) is 1.70. The number of carbonyl (C=O) groups is 1. The Morgan fingerprint density at radius 1 is 1.40 bits per heavy atom. The van der Waals surface area contributed by atoms with Crippen molar-refractivity contribution < 1.29 is 9.90 Å². The molecule has 102 valence electrons. The molecule has 0 saturated carbocycles. The van der Waals surface area contributed by atoms with Crippen molar-refractivity contribution in [1.82, 2.24) is 19.2 Å². The third-order valence-corrected chi connectivity index (χ3v) is 3.93. The number of imidazole rings is 1. The summed E-state index contributed by atoms with van der Waals surface area (Å²) in [6.45, 7) is 1.89. The van der Waals surface area contributed by atoms with Gasteiger partial charge in [0, 0.05) is 13.2 Å². The number of nitrogens with zero attached hydrogens (tertiary/aromatic N) is 4. The molecule has 20 heavy (non-hydrogen) atoms. The molecule has 6 nitrogen and oxygen atoms in total. The molecule has 0 fully saturated rings. The van der Waals surface area contributed by atoms with E-state index in [-0.39, 0.29) is 5.69 Å². The fourth-order valence-electron chi connectivity index (χ4n) is 2.02. The summed E-state index contributed by atoms with van der Waals surface area (Å²) < 4.78 is 3.30. The molecule has 0 amide bonds. The summed E-state index contributed by atoms with van der Waals surface area (Å²) in [4.78, 5) is 15.9. The molecule has 0 bridgehead atoms. The highest BCUT2D eigenvalue weighted by molar-refractivity contribution is 7.99. The zero-order valence-corrected chi connectivity index (χ0v) is 11.8. The molecule has 0 aromatic carbocycles. The molecule has 0 spiro atoms. The summed E-state index contributed by atoms with van der Waals surface area (Å²) in [5, 5.41) is 15.0. The van der Waals surface area contributed by atoms with E-state index < -0.39 is 5.97 Å². The Morgan fingerprint density at radius 3 is 2.85 bits per heavy atom. The van der Waals surface area contributed by atoms with Gasteiger partial charge in [0.25, 0.3) is 0 Å². The monoisotopic (exact) mass is 288 g/mol. The van der Waals surface area contributed by atoms with Gasteiger partial charge in [0.2, 0.25) is 0 Å². The van der Waals surface area contributed by atoms with Crippen LogP contribution in [0, 0.1) is 6.92 Å². The van der Waals surface area contributed by atoms with Crippen molar-refractivity contribution in [3.05, 3.63) is 41.9 Å². The fourth-order valence-corrected chi connectivity index (χ4v) is 3.04. The Hall–Kier alpha value is -2.28. The van der Waals surface area contributed by atoms with Crippen LogP contribution in [0.3, 0.4) is 0 Å². The van der Waals surface area contributed by atoms with Crippen molar-refractivity contribution in [3.8, 4) is 0 Å². The maximum Gasteiger partial charge on any atom is 0.355 e. The Bertz CT molecular complexity index is 806. The van der Waals surface area contributed by atoms with E-state index in [9.17, 15) is 9.90 Å². The first-order chi connectivity index (χ1) is 9.56. The second-order valence-electron chi connectivity index (χ2n) is 4.35. The minimum atomic E-state index is -0.995. The van der Waals surface area contributed by atoms with Crippen LogP contribution in [0.4, 0.5) is 0 Å². The van der Waals surface area contributed by atoms with Gasteiger partial charge in [-0.3, -0.25) is 9.08 Å². The van der Waals surface area contributed by atoms with Crippen molar-refractivity contribution in [2.75, 3.05) is 0 Å². The van der Waals surface area contributed by atoms with Crippen LogP contribution in [0.25, 0.3) is 5.65 Å². The van der Waals surface area contributed by atoms with Gasteiger partial charge < -0.3 is 5.11 Å². The van der Waals surface area contributed by atoms with Crippen molar-refractivity contribution in [1.29, 1.82) is 0 Å². The number of hydrogen-bond acceptors (Lipinski definition) is 4. The molecule has 3 heterocycles. The third-order valence-electron chi connectivity index (χ3n) is 2.86. The standard InChI is InChI=1S/C13H12N4O2S/c1-8-7-10(16(2)15-8)20-12-11(13(18)19)17-6-4-3-5-9(17)14-12/h3-7H,1-2H3,(H,18,19). The second-order valence-corrected chi connectivity index (χ2v) is 5.36. The van der Waals surface area contributed by atoms with Crippen molar-refractivity contribution in [2.24, 2.45) is 7.05 Å². The van der Waals surface area contributed by atoms with Gasteiger partial charge in [0.15, 0.2) is 5.69 Å². The smallest absolute Gasteiger partial charge is 0.355 e. The van der Waals surface area contributed by atoms with Crippen LogP contribution in [-0.2, 0) is 7.05 Å². The van der Waals surface area contributed by atoms with E-state index in [0.717, 1.165) is 10.7 Å². The van der Waals surface area contributed by atoms with Crippen LogP contribution < -0.4 is 0 Å². The summed E-state index contributed by atoms with van der Waals surface area (Å²) in [5.41, 5.74) is 1.67. The molecule has 7 heteroatoms. The zero-order chi connectivity index (χ0) is 14.3. The predicted molar refractivity (Wildman–Crippen MR) is 74.2 cm³/mol. The molecule has 0 saturated heterocycles. The Balaban J connectivity index is 2.13. The number of carboxylic acids is 1. The van der Waals surface area contributed by atoms with Crippen LogP contribution in [-0.4, -0.2) is 30.2 Å². The minimum Gasteiger partial charge on any atom is -0.476 e. The summed E-state index contributed by atoms with van der Waals surface area (Å²) in [5.74, 6) is -0.995. The highest BCUT2D eigenvalue weighted by atomic mass is 32.2. The average Bonchev–Trinajstić information content (AvgIpc) is 2.89. The van der Waals surface area contributed by atoms with E-state index >= 15 is 0 Å². The molecule has 3 rings (SSSR count). The first-order valence-corrected chi connectivity index (χ1v) is 6.77. The van der Waals surface area contributed by atoms with Gasteiger partial charge in [-0.05, 0) is 36.9 Å². The number of aromatic nitrogens is 4.